The van der Waals surface area contributed by atoms with Crippen molar-refractivity contribution in [3.8, 4) is 5.75 Å². The summed E-state index contributed by atoms with van der Waals surface area (Å²) in [6, 6.07) is 6.04. The molecule has 140 valence electrons. The van der Waals surface area contributed by atoms with Crippen molar-refractivity contribution >= 4 is 0 Å². The molecule has 0 aliphatic heterocycles. The first-order valence-electron chi connectivity index (χ1n) is 10.4. The third-order valence-corrected chi connectivity index (χ3v) is 6.73. The lowest BCUT2D eigenvalue weighted by atomic mass is 9.63. The van der Waals surface area contributed by atoms with Gasteiger partial charge >= 0.3 is 0 Å². The van der Waals surface area contributed by atoms with Gasteiger partial charge in [0, 0.05) is 5.56 Å². The van der Waals surface area contributed by atoms with Crippen molar-refractivity contribution in [2.24, 2.45) is 11.8 Å². The van der Waals surface area contributed by atoms with Gasteiger partial charge in [0.05, 0.1) is 5.60 Å². The molecule has 0 heterocycles. The van der Waals surface area contributed by atoms with Crippen molar-refractivity contribution in [1.29, 1.82) is 0 Å². The van der Waals surface area contributed by atoms with Gasteiger partial charge in [-0.1, -0.05) is 77.5 Å². The fourth-order valence-electron chi connectivity index (χ4n) is 5.33. The highest BCUT2D eigenvalue weighted by atomic mass is 16.3. The van der Waals surface area contributed by atoms with Crippen LogP contribution in [0.2, 0.25) is 0 Å². The normalized spacial score (nSPS) is 21.4. The van der Waals surface area contributed by atoms with Crippen LogP contribution in [0, 0.1) is 11.8 Å². The molecule has 1 aromatic rings. The van der Waals surface area contributed by atoms with E-state index in [2.05, 4.69) is 20.8 Å². The molecule has 25 heavy (non-hydrogen) atoms. The van der Waals surface area contributed by atoms with Crippen molar-refractivity contribution in [2.75, 3.05) is 0 Å². The second-order valence-corrected chi connectivity index (χ2v) is 9.45. The van der Waals surface area contributed by atoms with E-state index in [9.17, 15) is 10.2 Å². The highest BCUT2D eigenvalue weighted by Gasteiger charge is 2.47. The number of phenols is 1. The zero-order chi connectivity index (χ0) is 18.1. The molecule has 2 heteroatoms. The molecule has 3 rings (SSSR count). The quantitative estimate of drug-likeness (QED) is 0.702. The smallest absolute Gasteiger partial charge is 0.125 e. The molecule has 0 aromatic heterocycles. The molecule has 2 aliphatic rings. The van der Waals surface area contributed by atoms with Gasteiger partial charge in [-0.2, -0.15) is 0 Å². The summed E-state index contributed by atoms with van der Waals surface area (Å²) in [6.07, 6.45) is 11.8. The fraction of sp³-hybridized carbons (Fsp3) is 0.739. The van der Waals surface area contributed by atoms with Crippen molar-refractivity contribution in [3.05, 3.63) is 29.3 Å². The van der Waals surface area contributed by atoms with E-state index < -0.39 is 5.60 Å². The maximum absolute atomic E-state index is 12.1. The Morgan fingerprint density at radius 2 is 1.20 bits per heavy atom. The maximum Gasteiger partial charge on any atom is 0.125 e. The van der Waals surface area contributed by atoms with Gasteiger partial charge in [-0.3, -0.25) is 0 Å². The molecule has 0 radical (unpaired) electrons. The molecule has 0 unspecified atom stereocenters. The highest BCUT2D eigenvalue weighted by molar-refractivity contribution is 5.47. The SMILES string of the molecule is CC(C)(C)c1cccc(C(O)(C2CCCCC2)C2CCCCC2)c1O. The summed E-state index contributed by atoms with van der Waals surface area (Å²) in [6.45, 7) is 6.39. The molecular formula is C23H36O2. The van der Waals surface area contributed by atoms with Gasteiger partial charge in [0.25, 0.3) is 0 Å². The van der Waals surface area contributed by atoms with Gasteiger partial charge in [0.1, 0.15) is 5.75 Å². The van der Waals surface area contributed by atoms with Crippen LogP contribution < -0.4 is 0 Å². The number of phenolic OH excluding ortho intramolecular Hbond substituents is 1. The van der Waals surface area contributed by atoms with Crippen LogP contribution in [0.1, 0.15) is 96.1 Å². The van der Waals surface area contributed by atoms with Crippen LogP contribution in [-0.4, -0.2) is 10.2 Å². The Kier molecular flexibility index (Phi) is 5.48. The molecular weight excluding hydrogens is 308 g/mol. The first-order valence-corrected chi connectivity index (χ1v) is 10.4. The lowest BCUT2D eigenvalue weighted by Crippen LogP contribution is -2.44. The van der Waals surface area contributed by atoms with Gasteiger partial charge < -0.3 is 10.2 Å². The van der Waals surface area contributed by atoms with Crippen LogP contribution in [-0.2, 0) is 11.0 Å². The van der Waals surface area contributed by atoms with E-state index in [0.29, 0.717) is 5.75 Å². The molecule has 2 saturated carbocycles. The minimum atomic E-state index is -0.869. The third-order valence-electron chi connectivity index (χ3n) is 6.73. The second-order valence-electron chi connectivity index (χ2n) is 9.45. The Morgan fingerprint density at radius 1 is 0.760 bits per heavy atom. The van der Waals surface area contributed by atoms with Crippen LogP contribution in [0.15, 0.2) is 18.2 Å². The van der Waals surface area contributed by atoms with Crippen LogP contribution in [0.4, 0.5) is 0 Å². The molecule has 2 nitrogen and oxygen atoms in total. The number of rotatable bonds is 3. The summed E-state index contributed by atoms with van der Waals surface area (Å²) in [7, 11) is 0. The average Bonchev–Trinajstić information content (AvgIpc) is 2.62. The van der Waals surface area contributed by atoms with E-state index in [1.54, 1.807) is 0 Å². The Hall–Kier alpha value is -1.02. The van der Waals surface area contributed by atoms with Crippen molar-refractivity contribution in [2.45, 2.75) is 96.0 Å². The third kappa shape index (κ3) is 3.60. The minimum absolute atomic E-state index is 0.125. The van der Waals surface area contributed by atoms with Gasteiger partial charge in [-0.05, 0) is 48.5 Å². The second kappa shape index (κ2) is 7.31. The fourth-order valence-corrected chi connectivity index (χ4v) is 5.33. The molecule has 0 atom stereocenters. The zero-order valence-electron chi connectivity index (χ0n) is 16.4. The topological polar surface area (TPSA) is 40.5 Å². The summed E-state index contributed by atoms with van der Waals surface area (Å²) >= 11 is 0. The Labute approximate surface area is 153 Å². The molecule has 2 N–H and O–H groups in total. The van der Waals surface area contributed by atoms with E-state index in [1.807, 2.05) is 18.2 Å². The summed E-state index contributed by atoms with van der Waals surface area (Å²) < 4.78 is 0. The average molecular weight is 345 g/mol. The van der Waals surface area contributed by atoms with E-state index in [0.717, 1.165) is 36.8 Å². The largest absolute Gasteiger partial charge is 0.507 e. The van der Waals surface area contributed by atoms with E-state index in [-0.39, 0.29) is 17.3 Å². The van der Waals surface area contributed by atoms with E-state index in [1.165, 1.54) is 38.5 Å². The van der Waals surface area contributed by atoms with Crippen LogP contribution in [0.5, 0.6) is 5.75 Å². The lowest BCUT2D eigenvalue weighted by Gasteiger charge is -2.46. The first kappa shape index (κ1) is 18.8. The molecule has 0 spiro atoms. The van der Waals surface area contributed by atoms with Crippen molar-refractivity contribution < 1.29 is 10.2 Å². The predicted octanol–water partition coefficient (Wildman–Crippen LogP) is 6.04. The van der Waals surface area contributed by atoms with Crippen LogP contribution in [0.3, 0.4) is 0 Å². The van der Waals surface area contributed by atoms with E-state index >= 15 is 0 Å². The Bertz CT molecular complexity index is 554. The summed E-state index contributed by atoms with van der Waals surface area (Å²) in [4.78, 5) is 0. The van der Waals surface area contributed by atoms with Crippen molar-refractivity contribution in [1.82, 2.24) is 0 Å². The monoisotopic (exact) mass is 344 g/mol. The molecule has 2 fully saturated rings. The predicted molar refractivity (Wildman–Crippen MR) is 104 cm³/mol. The summed E-state index contributed by atoms with van der Waals surface area (Å²) in [5, 5.41) is 23.3. The van der Waals surface area contributed by atoms with Crippen molar-refractivity contribution in [3.63, 3.8) is 0 Å². The van der Waals surface area contributed by atoms with E-state index in [4.69, 9.17) is 0 Å². The zero-order valence-corrected chi connectivity index (χ0v) is 16.4. The number of aliphatic hydroxyl groups is 1. The van der Waals surface area contributed by atoms with Crippen LogP contribution >= 0.6 is 0 Å². The van der Waals surface area contributed by atoms with Gasteiger partial charge in [0.15, 0.2) is 0 Å². The number of benzene rings is 1. The first-order chi connectivity index (χ1) is 11.8. The Balaban J connectivity index is 2.08. The Morgan fingerprint density at radius 3 is 1.64 bits per heavy atom. The summed E-state index contributed by atoms with van der Waals surface area (Å²) in [5.74, 6) is 0.907. The number of hydrogen-bond acceptors (Lipinski definition) is 2. The molecule has 0 bridgehead atoms. The molecule has 0 saturated heterocycles. The minimum Gasteiger partial charge on any atom is -0.507 e. The summed E-state index contributed by atoms with van der Waals surface area (Å²) in [5.41, 5.74) is 0.764. The number of aromatic hydroxyl groups is 1. The number of hydrogen-bond donors (Lipinski definition) is 2. The van der Waals surface area contributed by atoms with Gasteiger partial charge in [0.2, 0.25) is 0 Å². The number of para-hydroxylation sites is 1. The maximum atomic E-state index is 12.1. The molecule has 1 aromatic carbocycles. The van der Waals surface area contributed by atoms with Gasteiger partial charge in [-0.15, -0.1) is 0 Å². The molecule has 0 amide bonds. The van der Waals surface area contributed by atoms with Gasteiger partial charge in [-0.25, -0.2) is 0 Å². The lowest BCUT2D eigenvalue weighted by molar-refractivity contribution is -0.100. The standard InChI is InChI=1S/C23H36O2/c1-22(2,3)19-15-10-16-20(21(19)24)23(25,17-11-6-4-7-12-17)18-13-8-5-9-14-18/h10,15-18,24-25H,4-9,11-14H2,1-3H3. The van der Waals surface area contributed by atoms with Crippen LogP contribution in [0.25, 0.3) is 0 Å². The highest BCUT2D eigenvalue weighted by Crippen LogP contribution is 2.52. The molecule has 2 aliphatic carbocycles.